The Morgan fingerprint density at radius 2 is 2.10 bits per heavy atom. The van der Waals surface area contributed by atoms with Crippen LogP contribution in [-0.2, 0) is 9.53 Å². The molecule has 2 saturated heterocycles. The van der Waals surface area contributed by atoms with Crippen LogP contribution in [0.4, 0.5) is 0 Å². The molecule has 0 aromatic rings. The highest BCUT2D eigenvalue weighted by Gasteiger charge is 2.35. The summed E-state index contributed by atoms with van der Waals surface area (Å²) in [5, 5.41) is 12.6. The van der Waals surface area contributed by atoms with Crippen LogP contribution < -0.4 is 5.32 Å². The Hall–Kier alpha value is -0.650. The molecular formula is C15H28N2O3. The lowest BCUT2D eigenvalue weighted by molar-refractivity contribution is -0.167. The van der Waals surface area contributed by atoms with Gasteiger partial charge in [-0.1, -0.05) is 0 Å². The molecule has 1 amide bonds. The summed E-state index contributed by atoms with van der Waals surface area (Å²) in [6.07, 6.45) is 3.73. The minimum atomic E-state index is -0.365. The molecule has 2 aliphatic rings. The van der Waals surface area contributed by atoms with Crippen LogP contribution in [0.15, 0.2) is 0 Å². The predicted octanol–water partition coefficient (Wildman–Crippen LogP) is 0.765. The Morgan fingerprint density at radius 1 is 1.40 bits per heavy atom. The lowest BCUT2D eigenvalue weighted by atomic mass is 9.93. The fourth-order valence-electron chi connectivity index (χ4n) is 3.24. The summed E-state index contributed by atoms with van der Waals surface area (Å²) in [5.41, 5.74) is -0.365. The molecule has 2 heterocycles. The fourth-order valence-corrected chi connectivity index (χ4v) is 3.24. The molecule has 0 bridgehead atoms. The van der Waals surface area contributed by atoms with Gasteiger partial charge >= 0.3 is 0 Å². The van der Waals surface area contributed by atoms with Gasteiger partial charge in [0.15, 0.2) is 0 Å². The maximum atomic E-state index is 12.4. The highest BCUT2D eigenvalue weighted by atomic mass is 16.5. The Labute approximate surface area is 121 Å². The first-order chi connectivity index (χ1) is 9.50. The van der Waals surface area contributed by atoms with E-state index in [4.69, 9.17) is 4.74 Å². The van der Waals surface area contributed by atoms with Crippen molar-refractivity contribution in [1.82, 2.24) is 10.2 Å². The van der Waals surface area contributed by atoms with Crippen LogP contribution in [0.2, 0.25) is 0 Å². The zero-order chi connectivity index (χ0) is 14.6. The van der Waals surface area contributed by atoms with Crippen molar-refractivity contribution in [1.29, 1.82) is 0 Å². The Balaban J connectivity index is 1.81. The van der Waals surface area contributed by atoms with Gasteiger partial charge in [0.25, 0.3) is 0 Å². The highest BCUT2D eigenvalue weighted by molar-refractivity contribution is 5.76. The fraction of sp³-hybridized carbons (Fsp3) is 0.933. The number of aliphatic hydroxyl groups is 1. The maximum Gasteiger partial charge on any atom is 0.222 e. The smallest absolute Gasteiger partial charge is 0.222 e. The second-order valence-corrected chi connectivity index (χ2v) is 6.69. The summed E-state index contributed by atoms with van der Waals surface area (Å²) in [4.78, 5) is 14.2. The van der Waals surface area contributed by atoms with Gasteiger partial charge in [-0.25, -0.2) is 0 Å². The van der Waals surface area contributed by atoms with Crippen molar-refractivity contribution in [3.8, 4) is 0 Å². The van der Waals surface area contributed by atoms with Crippen molar-refractivity contribution in [2.45, 2.75) is 51.2 Å². The van der Waals surface area contributed by atoms with E-state index in [9.17, 15) is 9.90 Å². The molecule has 1 unspecified atom stereocenters. The number of morpholine rings is 1. The van der Waals surface area contributed by atoms with E-state index in [0.29, 0.717) is 25.4 Å². The molecule has 5 heteroatoms. The standard InChI is InChI=1S/C15H28N2O3/c1-15(2)11-17(9-13(10-18)20-15)14(19)4-3-12-5-7-16-8-6-12/h12-13,16,18H,3-11H2,1-2H3. The molecule has 0 spiro atoms. The molecule has 0 saturated carbocycles. The number of amides is 1. The van der Waals surface area contributed by atoms with Crippen molar-refractivity contribution in [3.63, 3.8) is 0 Å². The third kappa shape index (κ3) is 4.43. The molecule has 2 rings (SSSR count). The molecule has 20 heavy (non-hydrogen) atoms. The van der Waals surface area contributed by atoms with E-state index in [1.165, 1.54) is 12.8 Å². The Kier molecular flexibility index (Phi) is 5.41. The van der Waals surface area contributed by atoms with E-state index < -0.39 is 0 Å². The highest BCUT2D eigenvalue weighted by Crippen LogP contribution is 2.23. The average Bonchev–Trinajstić information content (AvgIpc) is 2.44. The molecule has 2 fully saturated rings. The van der Waals surface area contributed by atoms with E-state index in [1.807, 2.05) is 18.7 Å². The predicted molar refractivity (Wildman–Crippen MR) is 77.4 cm³/mol. The molecule has 0 radical (unpaired) electrons. The number of carbonyl (C=O) groups excluding carboxylic acids is 1. The van der Waals surface area contributed by atoms with Crippen LogP contribution in [-0.4, -0.2) is 60.4 Å². The number of carbonyl (C=O) groups is 1. The molecule has 116 valence electrons. The van der Waals surface area contributed by atoms with E-state index in [-0.39, 0.29) is 24.2 Å². The second-order valence-electron chi connectivity index (χ2n) is 6.69. The summed E-state index contributed by atoms with van der Waals surface area (Å²) in [7, 11) is 0. The number of hydrogen-bond acceptors (Lipinski definition) is 4. The lowest BCUT2D eigenvalue weighted by Crippen LogP contribution is -2.55. The number of ether oxygens (including phenoxy) is 1. The summed E-state index contributed by atoms with van der Waals surface area (Å²) in [6.45, 7) is 7.22. The van der Waals surface area contributed by atoms with Crippen molar-refractivity contribution >= 4 is 5.91 Å². The number of rotatable bonds is 4. The largest absolute Gasteiger partial charge is 0.394 e. The summed E-state index contributed by atoms with van der Waals surface area (Å²) in [5.74, 6) is 0.890. The van der Waals surface area contributed by atoms with Gasteiger partial charge in [0, 0.05) is 19.5 Å². The molecule has 0 aromatic carbocycles. The molecule has 0 aliphatic carbocycles. The van der Waals surface area contributed by atoms with Gasteiger partial charge < -0.3 is 20.1 Å². The van der Waals surface area contributed by atoms with E-state index in [2.05, 4.69) is 5.32 Å². The molecule has 1 atom stereocenters. The van der Waals surface area contributed by atoms with Gasteiger partial charge in [0.1, 0.15) is 0 Å². The quantitative estimate of drug-likeness (QED) is 0.800. The number of piperidine rings is 1. The van der Waals surface area contributed by atoms with Crippen LogP contribution >= 0.6 is 0 Å². The normalized spacial score (nSPS) is 27.6. The zero-order valence-electron chi connectivity index (χ0n) is 12.7. The van der Waals surface area contributed by atoms with Gasteiger partial charge in [-0.15, -0.1) is 0 Å². The molecule has 2 N–H and O–H groups in total. The molecule has 5 nitrogen and oxygen atoms in total. The monoisotopic (exact) mass is 284 g/mol. The van der Waals surface area contributed by atoms with Gasteiger partial charge in [-0.2, -0.15) is 0 Å². The second kappa shape index (κ2) is 6.87. The minimum Gasteiger partial charge on any atom is -0.394 e. The first-order valence-corrected chi connectivity index (χ1v) is 7.77. The number of hydrogen-bond donors (Lipinski definition) is 2. The first kappa shape index (κ1) is 15.7. The van der Waals surface area contributed by atoms with Crippen LogP contribution in [0.5, 0.6) is 0 Å². The summed E-state index contributed by atoms with van der Waals surface area (Å²) in [6, 6.07) is 0. The Bertz CT molecular complexity index is 327. The van der Waals surface area contributed by atoms with E-state index in [0.717, 1.165) is 19.5 Å². The molecule has 0 aromatic heterocycles. The zero-order valence-corrected chi connectivity index (χ0v) is 12.7. The average molecular weight is 284 g/mol. The number of nitrogens with zero attached hydrogens (tertiary/aromatic N) is 1. The summed E-state index contributed by atoms with van der Waals surface area (Å²) >= 11 is 0. The van der Waals surface area contributed by atoms with Gasteiger partial charge in [0.05, 0.1) is 18.3 Å². The van der Waals surface area contributed by atoms with Crippen molar-refractivity contribution in [2.24, 2.45) is 5.92 Å². The lowest BCUT2D eigenvalue weighted by Gasteiger charge is -2.42. The third-order valence-electron chi connectivity index (χ3n) is 4.26. The number of nitrogens with one attached hydrogen (secondary N) is 1. The Morgan fingerprint density at radius 3 is 2.75 bits per heavy atom. The van der Waals surface area contributed by atoms with Gasteiger partial charge in [-0.05, 0) is 52.1 Å². The van der Waals surface area contributed by atoms with E-state index >= 15 is 0 Å². The summed E-state index contributed by atoms with van der Waals surface area (Å²) < 4.78 is 5.75. The molecular weight excluding hydrogens is 256 g/mol. The van der Waals surface area contributed by atoms with Crippen molar-refractivity contribution in [2.75, 3.05) is 32.8 Å². The topological polar surface area (TPSA) is 61.8 Å². The van der Waals surface area contributed by atoms with E-state index in [1.54, 1.807) is 0 Å². The van der Waals surface area contributed by atoms with Gasteiger partial charge in [0.2, 0.25) is 5.91 Å². The van der Waals surface area contributed by atoms with Crippen molar-refractivity contribution in [3.05, 3.63) is 0 Å². The van der Waals surface area contributed by atoms with Crippen LogP contribution in [0.25, 0.3) is 0 Å². The van der Waals surface area contributed by atoms with Crippen LogP contribution in [0.3, 0.4) is 0 Å². The SMILES string of the molecule is CC1(C)CN(C(=O)CCC2CCNCC2)CC(CO)O1. The van der Waals surface area contributed by atoms with Gasteiger partial charge in [-0.3, -0.25) is 4.79 Å². The van der Waals surface area contributed by atoms with Crippen molar-refractivity contribution < 1.29 is 14.6 Å². The number of aliphatic hydroxyl groups excluding tert-OH is 1. The van der Waals surface area contributed by atoms with Crippen LogP contribution in [0, 0.1) is 5.92 Å². The minimum absolute atomic E-state index is 0.0263. The maximum absolute atomic E-state index is 12.4. The van der Waals surface area contributed by atoms with Crippen LogP contribution in [0.1, 0.15) is 39.5 Å². The first-order valence-electron chi connectivity index (χ1n) is 7.77. The third-order valence-corrected chi connectivity index (χ3v) is 4.26. The molecule has 2 aliphatic heterocycles.